The molecule has 0 saturated carbocycles. The van der Waals surface area contributed by atoms with Gasteiger partial charge >= 0.3 is 0 Å². The van der Waals surface area contributed by atoms with Gasteiger partial charge in [0.05, 0.1) is 5.02 Å². The lowest BCUT2D eigenvalue weighted by Crippen LogP contribution is -2.22. The molecule has 0 bridgehead atoms. The van der Waals surface area contributed by atoms with Crippen molar-refractivity contribution in [1.82, 2.24) is 0 Å². The summed E-state index contributed by atoms with van der Waals surface area (Å²) >= 11 is 5.94. The molecule has 0 heterocycles. The van der Waals surface area contributed by atoms with E-state index >= 15 is 0 Å². The lowest BCUT2D eigenvalue weighted by molar-refractivity contribution is 0.131. The fourth-order valence-corrected chi connectivity index (χ4v) is 1.26. The molecule has 0 saturated heterocycles. The minimum absolute atomic E-state index is 0.221. The molecule has 0 fully saturated rings. The molecule has 1 nitrogen and oxygen atoms in total. The molecule has 1 aromatic rings. The van der Waals surface area contributed by atoms with Gasteiger partial charge in [-0.25, -0.2) is 0 Å². The summed E-state index contributed by atoms with van der Waals surface area (Å²) in [6.45, 7) is 5.95. The van der Waals surface area contributed by atoms with Crippen LogP contribution in [0.25, 0.3) is 0 Å². The highest BCUT2D eigenvalue weighted by Crippen LogP contribution is 2.24. The lowest BCUT2D eigenvalue weighted by Gasteiger charge is -2.21. The first-order valence-corrected chi connectivity index (χ1v) is 4.75. The zero-order valence-corrected chi connectivity index (χ0v) is 9.35. The van der Waals surface area contributed by atoms with Crippen molar-refractivity contribution in [3.05, 3.63) is 28.8 Å². The summed E-state index contributed by atoms with van der Waals surface area (Å²) in [4.78, 5) is 0. The fourth-order valence-electron chi connectivity index (χ4n) is 1.03. The van der Waals surface area contributed by atoms with Crippen molar-refractivity contribution in [2.75, 3.05) is 0 Å². The second-order valence-electron chi connectivity index (χ2n) is 4.00. The van der Waals surface area contributed by atoms with Crippen LogP contribution < -0.4 is 4.74 Å². The van der Waals surface area contributed by atoms with Crippen LogP contribution in [0.3, 0.4) is 0 Å². The largest absolute Gasteiger partial charge is 0.488 e. The van der Waals surface area contributed by atoms with Crippen molar-refractivity contribution in [2.45, 2.75) is 26.4 Å². The molecule has 0 aliphatic heterocycles. The lowest BCUT2D eigenvalue weighted by atomic mass is 10.2. The van der Waals surface area contributed by atoms with Crippen LogP contribution in [0.15, 0.2) is 18.2 Å². The number of ether oxygens (including phenoxy) is 1. The van der Waals surface area contributed by atoms with Crippen molar-refractivity contribution in [2.24, 2.45) is 0 Å². The van der Waals surface area contributed by atoms with Gasteiger partial charge in [-0.05, 0) is 32.9 Å². The predicted molar refractivity (Wildman–Crippen MR) is 59.8 cm³/mol. The molecule has 0 aliphatic carbocycles. The van der Waals surface area contributed by atoms with Gasteiger partial charge in [0.2, 0.25) is 0 Å². The van der Waals surface area contributed by atoms with Crippen molar-refractivity contribution in [1.29, 1.82) is 0 Å². The fraction of sp³-hybridized carbons (Fsp3) is 0.333. The second-order valence-corrected chi connectivity index (χ2v) is 4.41. The summed E-state index contributed by atoms with van der Waals surface area (Å²) < 4.78 is 5.63. The molecule has 0 aliphatic rings. The van der Waals surface area contributed by atoms with Gasteiger partial charge in [-0.2, -0.15) is 0 Å². The molecule has 0 amide bonds. The van der Waals surface area contributed by atoms with Crippen LogP contribution in [0.1, 0.15) is 26.3 Å². The van der Waals surface area contributed by atoms with E-state index in [1.54, 1.807) is 12.1 Å². The highest BCUT2D eigenvalue weighted by molar-refractivity contribution is 6.31. The van der Waals surface area contributed by atoms with Gasteiger partial charge in [-0.1, -0.05) is 17.5 Å². The summed E-state index contributed by atoms with van der Waals surface area (Å²) in [5.41, 5.74) is 0.467. The van der Waals surface area contributed by atoms with Crippen LogP contribution >= 0.6 is 11.6 Å². The minimum atomic E-state index is -0.221. The predicted octanol–water partition coefficient (Wildman–Crippen LogP) is 3.50. The van der Waals surface area contributed by atoms with E-state index in [1.807, 2.05) is 26.8 Å². The third kappa shape index (κ3) is 2.97. The molecular formula is C12H13ClO. The highest BCUT2D eigenvalue weighted by Gasteiger charge is 2.12. The van der Waals surface area contributed by atoms with Crippen LogP contribution in [0.5, 0.6) is 5.75 Å². The van der Waals surface area contributed by atoms with E-state index in [1.165, 1.54) is 0 Å². The van der Waals surface area contributed by atoms with Crippen LogP contribution in [-0.4, -0.2) is 5.60 Å². The standard InChI is InChI=1S/C12H13ClO/c1-5-9-6-7-10(8-11(9)13)14-12(2,3)4/h1,6-8H,2-4H3. The van der Waals surface area contributed by atoms with Gasteiger partial charge in [0.25, 0.3) is 0 Å². The zero-order valence-electron chi connectivity index (χ0n) is 8.60. The molecule has 0 aromatic heterocycles. The summed E-state index contributed by atoms with van der Waals surface area (Å²) in [5, 5.41) is 0.550. The first-order valence-electron chi connectivity index (χ1n) is 4.37. The van der Waals surface area contributed by atoms with E-state index in [0.717, 1.165) is 5.75 Å². The molecule has 0 N–H and O–H groups in total. The minimum Gasteiger partial charge on any atom is -0.488 e. The quantitative estimate of drug-likeness (QED) is 0.642. The van der Waals surface area contributed by atoms with Gasteiger partial charge in [-0.3, -0.25) is 0 Å². The Morgan fingerprint density at radius 2 is 2.00 bits per heavy atom. The van der Waals surface area contributed by atoms with Crippen LogP contribution in [-0.2, 0) is 0 Å². The van der Waals surface area contributed by atoms with Crippen LogP contribution in [0.2, 0.25) is 5.02 Å². The average molecular weight is 209 g/mol. The molecule has 14 heavy (non-hydrogen) atoms. The molecule has 1 aromatic carbocycles. The molecular weight excluding hydrogens is 196 g/mol. The van der Waals surface area contributed by atoms with Crippen molar-refractivity contribution in [3.8, 4) is 18.1 Å². The van der Waals surface area contributed by atoms with Crippen LogP contribution in [0.4, 0.5) is 0 Å². The molecule has 0 unspecified atom stereocenters. The van der Waals surface area contributed by atoms with Crippen molar-refractivity contribution < 1.29 is 4.74 Å². The number of hydrogen-bond donors (Lipinski definition) is 0. The highest BCUT2D eigenvalue weighted by atomic mass is 35.5. The van der Waals surface area contributed by atoms with E-state index in [2.05, 4.69) is 5.92 Å². The molecule has 0 spiro atoms. The van der Waals surface area contributed by atoms with E-state index in [-0.39, 0.29) is 5.60 Å². The first-order chi connectivity index (χ1) is 6.42. The smallest absolute Gasteiger partial charge is 0.121 e. The van der Waals surface area contributed by atoms with Crippen molar-refractivity contribution in [3.63, 3.8) is 0 Å². The average Bonchev–Trinajstić information content (AvgIpc) is 2.01. The SMILES string of the molecule is C#Cc1ccc(OC(C)(C)C)cc1Cl. The maximum absolute atomic E-state index is 5.94. The van der Waals surface area contributed by atoms with Gasteiger partial charge in [0.1, 0.15) is 11.4 Å². The number of rotatable bonds is 1. The van der Waals surface area contributed by atoms with Gasteiger partial charge in [-0.15, -0.1) is 6.42 Å². The Kier molecular flexibility index (Phi) is 3.08. The van der Waals surface area contributed by atoms with Gasteiger partial charge in [0, 0.05) is 11.6 Å². The first kappa shape index (κ1) is 10.9. The summed E-state index contributed by atoms with van der Waals surface area (Å²) in [6.07, 6.45) is 5.25. The third-order valence-electron chi connectivity index (χ3n) is 1.52. The van der Waals surface area contributed by atoms with E-state index in [9.17, 15) is 0 Å². The Morgan fingerprint density at radius 1 is 1.36 bits per heavy atom. The van der Waals surface area contributed by atoms with Crippen LogP contribution in [0, 0.1) is 12.3 Å². The summed E-state index contributed by atoms with van der Waals surface area (Å²) in [5.74, 6) is 3.24. The number of terminal acetylenes is 1. The Labute approximate surface area is 90.0 Å². The molecule has 0 atom stereocenters. The van der Waals surface area contributed by atoms with Crippen molar-refractivity contribution >= 4 is 11.6 Å². The summed E-state index contributed by atoms with van der Waals surface area (Å²) in [7, 11) is 0. The maximum atomic E-state index is 5.94. The Hall–Kier alpha value is -1.13. The zero-order chi connectivity index (χ0) is 10.8. The number of benzene rings is 1. The third-order valence-corrected chi connectivity index (χ3v) is 1.83. The molecule has 74 valence electrons. The Bertz CT molecular complexity index is 369. The molecule has 0 radical (unpaired) electrons. The maximum Gasteiger partial charge on any atom is 0.121 e. The van der Waals surface area contributed by atoms with Gasteiger partial charge in [0.15, 0.2) is 0 Å². The number of hydrogen-bond acceptors (Lipinski definition) is 1. The van der Waals surface area contributed by atoms with Gasteiger partial charge < -0.3 is 4.74 Å². The topological polar surface area (TPSA) is 9.23 Å². The normalized spacial score (nSPS) is 10.8. The van der Waals surface area contributed by atoms with E-state index in [0.29, 0.717) is 10.6 Å². The molecule has 1 rings (SSSR count). The van der Waals surface area contributed by atoms with E-state index < -0.39 is 0 Å². The Balaban J connectivity index is 2.94. The van der Waals surface area contributed by atoms with E-state index in [4.69, 9.17) is 22.8 Å². The number of halogens is 1. The second kappa shape index (κ2) is 3.94. The monoisotopic (exact) mass is 208 g/mol. The Morgan fingerprint density at radius 3 is 2.43 bits per heavy atom. The summed E-state index contributed by atoms with van der Waals surface area (Å²) in [6, 6.07) is 5.34. The molecule has 2 heteroatoms.